The SMILES string of the molecule is O=C([C@@H]1CCCN1C1=NS(=O)(=O)c2ccccc21)N1CCN(c2ccccc2[N+](=O)[O-])CC1. The van der Waals surface area contributed by atoms with Crippen molar-refractivity contribution in [2.24, 2.45) is 4.40 Å². The van der Waals surface area contributed by atoms with Gasteiger partial charge >= 0.3 is 0 Å². The predicted molar refractivity (Wildman–Crippen MR) is 122 cm³/mol. The molecule has 0 N–H and O–H groups in total. The van der Waals surface area contributed by atoms with Crippen LogP contribution in [0.1, 0.15) is 18.4 Å². The lowest BCUT2D eigenvalue weighted by Crippen LogP contribution is -2.54. The summed E-state index contributed by atoms with van der Waals surface area (Å²) in [4.78, 5) is 30.1. The van der Waals surface area contributed by atoms with E-state index < -0.39 is 21.0 Å². The molecule has 2 aromatic carbocycles. The molecule has 0 aromatic heterocycles. The molecule has 1 atom stereocenters. The minimum atomic E-state index is -3.76. The van der Waals surface area contributed by atoms with Crippen LogP contribution in [0.5, 0.6) is 0 Å². The molecular formula is C22H23N5O5S. The van der Waals surface area contributed by atoms with Gasteiger partial charge in [0.05, 0.1) is 4.92 Å². The van der Waals surface area contributed by atoms with E-state index in [2.05, 4.69) is 4.40 Å². The Hall–Kier alpha value is -3.47. The third kappa shape index (κ3) is 3.71. The number of fused-ring (bicyclic) bond motifs is 1. The summed E-state index contributed by atoms with van der Waals surface area (Å²) in [5.74, 6) is 0.291. The number of rotatable bonds is 3. The second kappa shape index (κ2) is 8.14. The van der Waals surface area contributed by atoms with E-state index in [1.165, 1.54) is 12.1 Å². The number of nitro groups is 1. The molecule has 3 aliphatic heterocycles. The second-order valence-electron chi connectivity index (χ2n) is 8.30. The molecule has 0 unspecified atom stereocenters. The smallest absolute Gasteiger partial charge is 0.292 e. The number of hydrogen-bond acceptors (Lipinski definition) is 7. The number of amidine groups is 1. The highest BCUT2D eigenvalue weighted by Crippen LogP contribution is 2.32. The van der Waals surface area contributed by atoms with Gasteiger partial charge in [0.2, 0.25) is 5.91 Å². The first-order valence-corrected chi connectivity index (χ1v) is 12.3. The summed E-state index contributed by atoms with van der Waals surface area (Å²) in [6, 6.07) is 12.8. The van der Waals surface area contributed by atoms with Crippen LogP contribution in [0.2, 0.25) is 0 Å². The molecular weight excluding hydrogens is 446 g/mol. The molecule has 0 spiro atoms. The van der Waals surface area contributed by atoms with Crippen LogP contribution in [0.25, 0.3) is 0 Å². The summed E-state index contributed by atoms with van der Waals surface area (Å²) in [7, 11) is -3.76. The molecule has 172 valence electrons. The number of amides is 1. The van der Waals surface area contributed by atoms with Crippen molar-refractivity contribution in [2.75, 3.05) is 37.6 Å². The van der Waals surface area contributed by atoms with E-state index in [0.717, 1.165) is 6.42 Å². The van der Waals surface area contributed by atoms with Gasteiger partial charge in [-0.3, -0.25) is 14.9 Å². The number of carbonyl (C=O) groups is 1. The van der Waals surface area contributed by atoms with E-state index in [9.17, 15) is 23.3 Å². The monoisotopic (exact) mass is 469 g/mol. The zero-order valence-electron chi connectivity index (χ0n) is 17.8. The first-order chi connectivity index (χ1) is 15.9. The van der Waals surface area contributed by atoms with E-state index in [0.29, 0.717) is 56.2 Å². The maximum atomic E-state index is 13.4. The molecule has 10 nitrogen and oxygen atoms in total. The number of carbonyl (C=O) groups excluding carboxylic acids is 1. The zero-order chi connectivity index (χ0) is 23.2. The van der Waals surface area contributed by atoms with Crippen LogP contribution in [0.3, 0.4) is 0 Å². The Bertz CT molecular complexity index is 1250. The number of hydrogen-bond donors (Lipinski definition) is 0. The van der Waals surface area contributed by atoms with Crippen molar-refractivity contribution in [3.8, 4) is 0 Å². The first-order valence-electron chi connectivity index (χ1n) is 10.8. The molecule has 0 aliphatic carbocycles. The molecule has 2 fully saturated rings. The number of nitrogens with zero attached hydrogens (tertiary/aromatic N) is 5. The van der Waals surface area contributed by atoms with E-state index in [1.807, 2.05) is 9.80 Å². The Morgan fingerprint density at radius 1 is 1.00 bits per heavy atom. The minimum absolute atomic E-state index is 0.0540. The molecule has 1 amide bonds. The highest BCUT2D eigenvalue weighted by atomic mass is 32.2. The average Bonchev–Trinajstić information content (AvgIpc) is 3.41. The number of benzene rings is 2. The number of piperazine rings is 1. The van der Waals surface area contributed by atoms with E-state index in [4.69, 9.17) is 0 Å². The molecule has 0 radical (unpaired) electrons. The van der Waals surface area contributed by atoms with Gasteiger partial charge in [-0.1, -0.05) is 24.3 Å². The average molecular weight is 470 g/mol. The summed E-state index contributed by atoms with van der Waals surface area (Å²) < 4.78 is 29.0. The van der Waals surface area contributed by atoms with Crippen LogP contribution in [0.4, 0.5) is 11.4 Å². The lowest BCUT2D eigenvalue weighted by molar-refractivity contribution is -0.384. The first kappa shape index (κ1) is 21.4. The fourth-order valence-corrected chi connectivity index (χ4v) is 6.05. The van der Waals surface area contributed by atoms with Crippen LogP contribution in [0, 0.1) is 10.1 Å². The fourth-order valence-electron chi connectivity index (χ4n) is 4.84. The number of likely N-dealkylation sites (tertiary alicyclic amines) is 1. The Morgan fingerprint density at radius 3 is 2.45 bits per heavy atom. The topological polar surface area (TPSA) is 116 Å². The van der Waals surface area contributed by atoms with Crippen LogP contribution in [-0.2, 0) is 14.8 Å². The van der Waals surface area contributed by atoms with Crippen molar-refractivity contribution in [2.45, 2.75) is 23.8 Å². The Kier molecular flexibility index (Phi) is 5.28. The van der Waals surface area contributed by atoms with E-state index >= 15 is 0 Å². The molecule has 33 heavy (non-hydrogen) atoms. The van der Waals surface area contributed by atoms with Gasteiger partial charge in [0, 0.05) is 44.4 Å². The van der Waals surface area contributed by atoms with Gasteiger partial charge in [0.25, 0.3) is 15.7 Å². The normalized spacial score (nSPS) is 21.6. The second-order valence-corrected chi connectivity index (χ2v) is 9.87. The van der Waals surface area contributed by atoms with Crippen molar-refractivity contribution in [1.82, 2.24) is 9.80 Å². The van der Waals surface area contributed by atoms with Gasteiger partial charge in [0.1, 0.15) is 16.6 Å². The Morgan fingerprint density at radius 2 is 1.70 bits per heavy atom. The van der Waals surface area contributed by atoms with E-state index in [-0.39, 0.29) is 16.5 Å². The van der Waals surface area contributed by atoms with Crippen molar-refractivity contribution < 1.29 is 18.1 Å². The summed E-state index contributed by atoms with van der Waals surface area (Å²) in [5, 5.41) is 11.4. The Labute approximate surface area is 191 Å². The highest BCUT2D eigenvalue weighted by molar-refractivity contribution is 7.90. The largest absolute Gasteiger partial charge is 0.362 e. The summed E-state index contributed by atoms with van der Waals surface area (Å²) in [6.07, 6.45) is 1.40. The summed E-state index contributed by atoms with van der Waals surface area (Å²) >= 11 is 0. The minimum Gasteiger partial charge on any atom is -0.362 e. The third-order valence-corrected chi connectivity index (χ3v) is 7.76. The molecule has 11 heteroatoms. The Balaban J connectivity index is 1.32. The van der Waals surface area contributed by atoms with E-state index in [1.54, 1.807) is 41.3 Å². The molecule has 0 bridgehead atoms. The van der Waals surface area contributed by atoms with Crippen LogP contribution >= 0.6 is 0 Å². The van der Waals surface area contributed by atoms with Crippen molar-refractivity contribution in [1.29, 1.82) is 0 Å². The van der Waals surface area contributed by atoms with Gasteiger partial charge in [-0.15, -0.1) is 4.40 Å². The lowest BCUT2D eigenvalue weighted by Gasteiger charge is -2.38. The number of nitro benzene ring substituents is 1. The van der Waals surface area contributed by atoms with Gasteiger partial charge in [-0.05, 0) is 31.0 Å². The number of sulfonamides is 1. The maximum absolute atomic E-state index is 13.4. The summed E-state index contributed by atoms with van der Waals surface area (Å²) in [6.45, 7) is 2.42. The lowest BCUT2D eigenvalue weighted by atomic mass is 10.1. The van der Waals surface area contributed by atoms with Crippen molar-refractivity contribution >= 4 is 33.1 Å². The molecule has 2 saturated heterocycles. The maximum Gasteiger partial charge on any atom is 0.292 e. The van der Waals surface area contributed by atoms with Gasteiger partial charge < -0.3 is 14.7 Å². The van der Waals surface area contributed by atoms with Crippen molar-refractivity contribution in [3.63, 3.8) is 0 Å². The van der Waals surface area contributed by atoms with Gasteiger partial charge in [-0.25, -0.2) is 0 Å². The van der Waals surface area contributed by atoms with Crippen LogP contribution < -0.4 is 4.90 Å². The van der Waals surface area contributed by atoms with Crippen LogP contribution in [0.15, 0.2) is 57.8 Å². The quantitative estimate of drug-likeness (QED) is 0.497. The third-order valence-electron chi connectivity index (χ3n) is 6.43. The summed E-state index contributed by atoms with van der Waals surface area (Å²) in [5.41, 5.74) is 1.15. The molecule has 5 rings (SSSR count). The molecule has 2 aromatic rings. The number of anilines is 1. The highest BCUT2D eigenvalue weighted by Gasteiger charge is 2.41. The molecule has 3 aliphatic rings. The molecule has 0 saturated carbocycles. The molecule has 3 heterocycles. The number of para-hydroxylation sites is 2. The van der Waals surface area contributed by atoms with Crippen LogP contribution in [-0.4, -0.2) is 73.6 Å². The van der Waals surface area contributed by atoms with Gasteiger partial charge in [0.15, 0.2) is 5.84 Å². The van der Waals surface area contributed by atoms with Crippen molar-refractivity contribution in [3.05, 3.63) is 64.2 Å². The fraction of sp³-hybridized carbons (Fsp3) is 0.364. The zero-order valence-corrected chi connectivity index (χ0v) is 18.6. The van der Waals surface area contributed by atoms with Gasteiger partial charge in [-0.2, -0.15) is 8.42 Å². The predicted octanol–water partition coefficient (Wildman–Crippen LogP) is 1.86. The standard InChI is InChI=1S/C22H23N5O5S/c28-22(25-14-12-24(13-15-25)17-7-2-3-8-18(17)27(29)30)19-9-5-11-26(19)21-16-6-1-4-10-20(16)33(31,32)23-21/h1-4,6-8,10,19H,5,9,11-15H2/t19-/m0/s1.